The van der Waals surface area contributed by atoms with Crippen LogP contribution in [-0.4, -0.2) is 42.9 Å². The average Bonchev–Trinajstić information content (AvgIpc) is 2.44. The van der Waals surface area contributed by atoms with Crippen LogP contribution in [0.15, 0.2) is 30.3 Å². The second-order valence-corrected chi connectivity index (χ2v) is 4.53. The number of amides is 2. The van der Waals surface area contributed by atoms with Gasteiger partial charge in [0.1, 0.15) is 0 Å². The number of hydrogen-bond acceptors (Lipinski definition) is 3. The van der Waals surface area contributed by atoms with Crippen molar-refractivity contribution in [3.8, 4) is 0 Å². The van der Waals surface area contributed by atoms with Gasteiger partial charge in [-0.25, -0.2) is 0 Å². The summed E-state index contributed by atoms with van der Waals surface area (Å²) in [5, 5.41) is 2.62. The van der Waals surface area contributed by atoms with E-state index in [-0.39, 0.29) is 43.2 Å². The van der Waals surface area contributed by atoms with Gasteiger partial charge < -0.3 is 16.0 Å². The Hall–Kier alpha value is -1.59. The first-order chi connectivity index (χ1) is 9.04. The molecule has 1 atom stereocenters. The summed E-state index contributed by atoms with van der Waals surface area (Å²) in [6.07, 6.45) is 0.282. The number of nitrogens with zero attached hydrogens (tertiary/aromatic N) is 1. The fourth-order valence-corrected chi connectivity index (χ4v) is 1.55. The summed E-state index contributed by atoms with van der Waals surface area (Å²) in [6, 6.07) is 9.38. The van der Waals surface area contributed by atoms with Crippen LogP contribution in [0.5, 0.6) is 0 Å². The summed E-state index contributed by atoms with van der Waals surface area (Å²) >= 11 is 0. The normalized spacial score (nSPS) is 11.2. The molecule has 0 aliphatic rings. The number of carbonyl (C=O) groups excluding carboxylic acids is 2. The molecule has 2 amide bonds. The predicted octanol–water partition coefficient (Wildman–Crippen LogP) is 0.573. The van der Waals surface area contributed by atoms with Gasteiger partial charge in [-0.05, 0) is 12.5 Å². The van der Waals surface area contributed by atoms with E-state index in [0.29, 0.717) is 6.54 Å². The maximum atomic E-state index is 11.8. The van der Waals surface area contributed by atoms with E-state index in [1.165, 1.54) is 0 Å². The Labute approximate surface area is 125 Å². The molecule has 0 radical (unpaired) electrons. The molecule has 0 saturated carbocycles. The summed E-state index contributed by atoms with van der Waals surface area (Å²) in [7, 11) is 1.68. The zero-order valence-corrected chi connectivity index (χ0v) is 12.7. The van der Waals surface area contributed by atoms with Crippen LogP contribution in [0.1, 0.15) is 12.5 Å². The van der Waals surface area contributed by atoms with E-state index in [2.05, 4.69) is 5.32 Å². The molecule has 5 nitrogen and oxygen atoms in total. The number of halogens is 1. The zero-order chi connectivity index (χ0) is 14.3. The molecular weight excluding hydrogens is 278 g/mol. The van der Waals surface area contributed by atoms with Crippen LogP contribution in [0, 0.1) is 0 Å². The molecule has 0 aliphatic carbocycles. The second kappa shape index (κ2) is 9.34. The van der Waals surface area contributed by atoms with Crippen LogP contribution in [-0.2, 0) is 16.0 Å². The fraction of sp³-hybridized carbons (Fsp3) is 0.429. The van der Waals surface area contributed by atoms with Crippen molar-refractivity contribution in [2.45, 2.75) is 19.4 Å². The molecule has 0 spiro atoms. The molecule has 0 aromatic heterocycles. The van der Waals surface area contributed by atoms with Gasteiger partial charge in [0.15, 0.2) is 0 Å². The summed E-state index contributed by atoms with van der Waals surface area (Å²) in [5.74, 6) is -0.298. The quantitative estimate of drug-likeness (QED) is 0.806. The van der Waals surface area contributed by atoms with Crippen LogP contribution in [0.2, 0.25) is 0 Å². The molecule has 112 valence electrons. The van der Waals surface area contributed by atoms with E-state index in [9.17, 15) is 9.59 Å². The average molecular weight is 300 g/mol. The van der Waals surface area contributed by atoms with Crippen molar-refractivity contribution < 1.29 is 9.59 Å². The molecule has 1 aromatic rings. The van der Waals surface area contributed by atoms with Crippen molar-refractivity contribution in [3.63, 3.8) is 0 Å². The maximum absolute atomic E-state index is 11.8. The van der Waals surface area contributed by atoms with Crippen LogP contribution in [0.4, 0.5) is 0 Å². The molecule has 0 aliphatic heterocycles. The van der Waals surface area contributed by atoms with Gasteiger partial charge in [0.2, 0.25) is 11.8 Å². The molecule has 1 unspecified atom stereocenters. The number of carbonyl (C=O) groups is 2. The molecule has 20 heavy (non-hydrogen) atoms. The highest BCUT2D eigenvalue weighted by Gasteiger charge is 2.14. The number of nitrogens with one attached hydrogen (secondary N) is 1. The topological polar surface area (TPSA) is 75.4 Å². The third kappa shape index (κ3) is 6.04. The molecule has 0 saturated heterocycles. The number of benzene rings is 1. The zero-order valence-electron chi connectivity index (χ0n) is 11.8. The lowest BCUT2D eigenvalue weighted by Crippen LogP contribution is -2.45. The van der Waals surface area contributed by atoms with Gasteiger partial charge in [0.25, 0.3) is 0 Å². The smallest absolute Gasteiger partial charge is 0.241 e. The van der Waals surface area contributed by atoms with Gasteiger partial charge in [0.05, 0.1) is 13.0 Å². The van der Waals surface area contributed by atoms with Crippen molar-refractivity contribution >= 4 is 24.2 Å². The summed E-state index contributed by atoms with van der Waals surface area (Å²) < 4.78 is 0. The van der Waals surface area contributed by atoms with Crippen molar-refractivity contribution in [1.82, 2.24) is 10.2 Å². The van der Waals surface area contributed by atoms with Crippen LogP contribution in [0.25, 0.3) is 0 Å². The van der Waals surface area contributed by atoms with Gasteiger partial charge in [-0.1, -0.05) is 30.3 Å². The minimum atomic E-state index is -0.159. The fourth-order valence-electron chi connectivity index (χ4n) is 1.55. The Balaban J connectivity index is 0.00000361. The Kier molecular flexibility index (Phi) is 8.59. The van der Waals surface area contributed by atoms with E-state index >= 15 is 0 Å². The van der Waals surface area contributed by atoms with Gasteiger partial charge in [0, 0.05) is 19.6 Å². The number of rotatable bonds is 6. The summed E-state index contributed by atoms with van der Waals surface area (Å²) in [5.41, 5.74) is 6.41. The molecule has 6 heteroatoms. The molecule has 3 N–H and O–H groups in total. The maximum Gasteiger partial charge on any atom is 0.241 e. The number of likely N-dealkylation sites (N-methyl/N-ethyl adjacent to an activating group) is 1. The summed E-state index contributed by atoms with van der Waals surface area (Å²) in [4.78, 5) is 25.0. The lowest BCUT2D eigenvalue weighted by molar-refractivity contribution is -0.133. The molecule has 0 fully saturated rings. The van der Waals surface area contributed by atoms with E-state index in [4.69, 9.17) is 5.73 Å². The Morgan fingerprint density at radius 1 is 1.30 bits per heavy atom. The van der Waals surface area contributed by atoms with Crippen LogP contribution < -0.4 is 11.1 Å². The Morgan fingerprint density at radius 2 is 1.90 bits per heavy atom. The Bertz CT molecular complexity index is 426. The van der Waals surface area contributed by atoms with Crippen molar-refractivity contribution in [3.05, 3.63) is 35.9 Å². The minimum absolute atomic E-state index is 0. The lowest BCUT2D eigenvalue weighted by Gasteiger charge is -2.23. The van der Waals surface area contributed by atoms with E-state index in [1.54, 1.807) is 11.9 Å². The third-order valence-electron chi connectivity index (χ3n) is 3.04. The van der Waals surface area contributed by atoms with E-state index < -0.39 is 0 Å². The molecular formula is C14H22ClN3O2. The van der Waals surface area contributed by atoms with E-state index in [0.717, 1.165) is 5.56 Å². The summed E-state index contributed by atoms with van der Waals surface area (Å²) in [6.45, 7) is 2.27. The first kappa shape index (κ1) is 18.4. The second-order valence-electron chi connectivity index (χ2n) is 4.53. The number of nitrogens with two attached hydrogens (primary N) is 1. The molecule has 0 heterocycles. The first-order valence-corrected chi connectivity index (χ1v) is 6.31. The highest BCUT2D eigenvalue weighted by molar-refractivity contribution is 5.86. The predicted molar refractivity (Wildman–Crippen MR) is 81.7 cm³/mol. The SMILES string of the molecule is CC(CN)N(C)C(=O)CNC(=O)Cc1ccccc1.Cl. The van der Waals surface area contributed by atoms with Crippen molar-refractivity contribution in [2.24, 2.45) is 5.73 Å². The third-order valence-corrected chi connectivity index (χ3v) is 3.04. The van der Waals surface area contributed by atoms with Crippen LogP contribution >= 0.6 is 12.4 Å². The lowest BCUT2D eigenvalue weighted by atomic mass is 10.1. The van der Waals surface area contributed by atoms with Gasteiger partial charge >= 0.3 is 0 Å². The van der Waals surface area contributed by atoms with Crippen molar-refractivity contribution in [2.75, 3.05) is 20.1 Å². The van der Waals surface area contributed by atoms with Gasteiger partial charge in [-0.3, -0.25) is 9.59 Å². The monoisotopic (exact) mass is 299 g/mol. The van der Waals surface area contributed by atoms with Gasteiger partial charge in [-0.2, -0.15) is 0 Å². The first-order valence-electron chi connectivity index (χ1n) is 6.31. The highest BCUT2D eigenvalue weighted by Crippen LogP contribution is 1.99. The molecule has 1 aromatic carbocycles. The highest BCUT2D eigenvalue weighted by atomic mass is 35.5. The molecule has 1 rings (SSSR count). The van der Waals surface area contributed by atoms with Crippen LogP contribution in [0.3, 0.4) is 0 Å². The minimum Gasteiger partial charge on any atom is -0.347 e. The molecule has 0 bridgehead atoms. The van der Waals surface area contributed by atoms with E-state index in [1.807, 2.05) is 37.3 Å². The Morgan fingerprint density at radius 3 is 2.45 bits per heavy atom. The van der Waals surface area contributed by atoms with Crippen molar-refractivity contribution in [1.29, 1.82) is 0 Å². The standard InChI is InChI=1S/C14H21N3O2.ClH/c1-11(9-15)17(2)14(19)10-16-13(18)8-12-6-4-3-5-7-12;/h3-7,11H,8-10,15H2,1-2H3,(H,16,18);1H. The van der Waals surface area contributed by atoms with Gasteiger partial charge in [-0.15, -0.1) is 12.4 Å². The largest absolute Gasteiger partial charge is 0.347 e. The number of hydrogen-bond donors (Lipinski definition) is 2.